The van der Waals surface area contributed by atoms with Crippen LogP contribution in [-0.4, -0.2) is 70.6 Å². The van der Waals surface area contributed by atoms with E-state index in [0.717, 1.165) is 0 Å². The molecule has 0 aliphatic carbocycles. The van der Waals surface area contributed by atoms with Crippen molar-refractivity contribution in [1.29, 1.82) is 0 Å². The molecular formula is C30H43N7O6. The number of carbonyl (C=O) groups excluding carboxylic acids is 3. The summed E-state index contributed by atoms with van der Waals surface area (Å²) in [5, 5.41) is 27.3. The second kappa shape index (κ2) is 17.3. The first-order valence-electron chi connectivity index (χ1n) is 14.2. The Hall–Kier alpha value is -4.65. The average Bonchev–Trinajstić information content (AvgIpc) is 2.98. The van der Waals surface area contributed by atoms with E-state index in [1.165, 1.54) is 12.1 Å². The smallest absolute Gasteiger partial charge is 0.326 e. The number of aliphatic imine (C=N–C) groups is 1. The largest absolute Gasteiger partial charge is 0.508 e. The Morgan fingerprint density at radius 2 is 1.35 bits per heavy atom. The van der Waals surface area contributed by atoms with Gasteiger partial charge in [0.25, 0.3) is 0 Å². The van der Waals surface area contributed by atoms with Crippen LogP contribution in [0, 0.1) is 5.92 Å². The number of amides is 3. The molecule has 0 spiro atoms. The van der Waals surface area contributed by atoms with Gasteiger partial charge in [-0.1, -0.05) is 62.7 Å². The molecule has 13 nitrogen and oxygen atoms in total. The third-order valence-electron chi connectivity index (χ3n) is 7.04. The molecule has 2 aromatic carbocycles. The monoisotopic (exact) mass is 597 g/mol. The summed E-state index contributed by atoms with van der Waals surface area (Å²) < 4.78 is 0. The van der Waals surface area contributed by atoms with Gasteiger partial charge in [0.1, 0.15) is 23.9 Å². The van der Waals surface area contributed by atoms with Crippen molar-refractivity contribution in [3.8, 4) is 5.75 Å². The molecule has 5 unspecified atom stereocenters. The molecule has 0 heterocycles. The van der Waals surface area contributed by atoms with Gasteiger partial charge in [0.15, 0.2) is 5.96 Å². The lowest BCUT2D eigenvalue weighted by Crippen LogP contribution is -2.58. The van der Waals surface area contributed by atoms with E-state index in [0.29, 0.717) is 24.0 Å². The third-order valence-corrected chi connectivity index (χ3v) is 7.04. The maximum Gasteiger partial charge on any atom is 0.326 e. The van der Waals surface area contributed by atoms with Crippen molar-refractivity contribution in [1.82, 2.24) is 16.0 Å². The van der Waals surface area contributed by atoms with Crippen LogP contribution in [0.3, 0.4) is 0 Å². The average molecular weight is 598 g/mol. The normalized spacial score (nSPS) is 14.3. The molecule has 0 saturated heterocycles. The SMILES string of the molecule is CCC(C)C(N)C(=O)NC(Cc1ccc(O)cc1)C(=O)NC(CCCN=C(N)N)C(=O)NC(Cc1ccccc1)C(=O)O. The second-order valence-corrected chi connectivity index (χ2v) is 10.4. The number of carboxylic acid groups (broad SMARTS) is 1. The van der Waals surface area contributed by atoms with Crippen LogP contribution in [-0.2, 0) is 32.0 Å². The van der Waals surface area contributed by atoms with Crippen LogP contribution in [0.4, 0.5) is 0 Å². The van der Waals surface area contributed by atoms with E-state index in [-0.39, 0.29) is 43.4 Å². The van der Waals surface area contributed by atoms with E-state index >= 15 is 0 Å². The van der Waals surface area contributed by atoms with Crippen molar-refractivity contribution in [3.63, 3.8) is 0 Å². The van der Waals surface area contributed by atoms with Crippen LogP contribution in [0.5, 0.6) is 5.75 Å². The predicted octanol–water partition coefficient (Wildman–Crippen LogP) is 0.143. The standard InChI is InChI=1S/C30H43N7O6/c1-3-18(2)25(31)28(41)36-23(16-20-11-13-21(38)14-12-20)27(40)35-22(10-7-15-34-30(32)33)26(39)37-24(29(42)43)17-19-8-5-4-6-9-19/h4-6,8-9,11-14,18,22-25,38H,3,7,10,15-17,31H2,1-2H3,(H,35,40)(H,36,41)(H,37,39)(H,42,43)(H4,32,33,34). The van der Waals surface area contributed by atoms with Gasteiger partial charge in [0, 0.05) is 19.4 Å². The Bertz CT molecular complexity index is 1240. The summed E-state index contributed by atoms with van der Waals surface area (Å²) in [7, 11) is 0. The molecule has 13 heteroatoms. The summed E-state index contributed by atoms with van der Waals surface area (Å²) in [6.07, 6.45) is 1.09. The molecule has 0 aliphatic heterocycles. The zero-order chi connectivity index (χ0) is 31.9. The minimum atomic E-state index is -1.26. The Morgan fingerprint density at radius 1 is 0.814 bits per heavy atom. The zero-order valence-electron chi connectivity index (χ0n) is 24.5. The van der Waals surface area contributed by atoms with E-state index in [2.05, 4.69) is 20.9 Å². The van der Waals surface area contributed by atoms with E-state index in [1.807, 2.05) is 13.8 Å². The highest BCUT2D eigenvalue weighted by atomic mass is 16.4. The van der Waals surface area contributed by atoms with Crippen LogP contribution in [0.15, 0.2) is 59.6 Å². The van der Waals surface area contributed by atoms with Crippen molar-refractivity contribution < 1.29 is 29.4 Å². The first-order chi connectivity index (χ1) is 20.4. The summed E-state index contributed by atoms with van der Waals surface area (Å²) in [6, 6.07) is 10.5. The fraction of sp³-hybridized carbons (Fsp3) is 0.433. The molecule has 0 aromatic heterocycles. The van der Waals surface area contributed by atoms with E-state index < -0.39 is 47.9 Å². The maximum atomic E-state index is 13.6. The number of rotatable bonds is 17. The molecule has 234 valence electrons. The van der Waals surface area contributed by atoms with Gasteiger partial charge in [-0.15, -0.1) is 0 Å². The fourth-order valence-corrected chi connectivity index (χ4v) is 4.22. The molecule has 3 amide bonds. The summed E-state index contributed by atoms with van der Waals surface area (Å²) in [5.41, 5.74) is 18.2. The Kier molecular flexibility index (Phi) is 13.9. The highest BCUT2D eigenvalue weighted by Gasteiger charge is 2.31. The highest BCUT2D eigenvalue weighted by molar-refractivity contribution is 5.94. The number of hydrogen-bond donors (Lipinski definition) is 8. The number of nitrogens with two attached hydrogens (primary N) is 3. The molecule has 11 N–H and O–H groups in total. The van der Waals surface area contributed by atoms with E-state index in [1.54, 1.807) is 42.5 Å². The first kappa shape index (κ1) is 34.6. The molecule has 0 fully saturated rings. The van der Waals surface area contributed by atoms with Gasteiger partial charge < -0.3 is 43.4 Å². The molecule has 0 bridgehead atoms. The van der Waals surface area contributed by atoms with Crippen LogP contribution in [0.2, 0.25) is 0 Å². The van der Waals surface area contributed by atoms with Crippen molar-refractivity contribution >= 4 is 29.7 Å². The van der Waals surface area contributed by atoms with Gasteiger partial charge in [0.2, 0.25) is 17.7 Å². The number of aromatic hydroxyl groups is 1. The van der Waals surface area contributed by atoms with Gasteiger partial charge in [-0.25, -0.2) is 4.79 Å². The lowest BCUT2D eigenvalue weighted by atomic mass is 9.98. The number of nitrogens with zero attached hydrogens (tertiary/aromatic N) is 1. The molecule has 0 saturated carbocycles. The number of nitrogens with one attached hydrogen (secondary N) is 3. The molecule has 43 heavy (non-hydrogen) atoms. The fourth-order valence-electron chi connectivity index (χ4n) is 4.22. The zero-order valence-corrected chi connectivity index (χ0v) is 24.5. The van der Waals surface area contributed by atoms with E-state index in [4.69, 9.17) is 17.2 Å². The Balaban J connectivity index is 2.29. The van der Waals surface area contributed by atoms with Crippen molar-refractivity contribution in [2.24, 2.45) is 28.1 Å². The quantitative estimate of drug-likeness (QED) is 0.0702. The lowest BCUT2D eigenvalue weighted by molar-refractivity contribution is -0.142. The predicted molar refractivity (Wildman–Crippen MR) is 163 cm³/mol. The minimum Gasteiger partial charge on any atom is -0.508 e. The van der Waals surface area contributed by atoms with E-state index in [9.17, 15) is 29.4 Å². The first-order valence-corrected chi connectivity index (χ1v) is 14.2. The number of carbonyl (C=O) groups is 4. The molecule has 2 rings (SSSR count). The molecule has 2 aromatic rings. The molecular weight excluding hydrogens is 554 g/mol. The van der Waals surface area contributed by atoms with Gasteiger partial charge in [-0.3, -0.25) is 19.4 Å². The highest BCUT2D eigenvalue weighted by Crippen LogP contribution is 2.13. The van der Waals surface area contributed by atoms with Crippen LogP contribution in [0.1, 0.15) is 44.2 Å². The van der Waals surface area contributed by atoms with Gasteiger partial charge in [0.05, 0.1) is 6.04 Å². The second-order valence-electron chi connectivity index (χ2n) is 10.4. The summed E-state index contributed by atoms with van der Waals surface area (Å²) >= 11 is 0. The van der Waals surface area contributed by atoms with Crippen LogP contribution >= 0.6 is 0 Å². The Morgan fingerprint density at radius 3 is 1.93 bits per heavy atom. The lowest BCUT2D eigenvalue weighted by Gasteiger charge is -2.26. The number of hydrogen-bond acceptors (Lipinski definition) is 7. The van der Waals surface area contributed by atoms with Crippen LogP contribution in [0.25, 0.3) is 0 Å². The summed E-state index contributed by atoms with van der Waals surface area (Å²) in [5.74, 6) is -3.40. The van der Waals surface area contributed by atoms with Gasteiger partial charge in [-0.05, 0) is 42.0 Å². The molecule has 0 aliphatic rings. The molecule has 5 atom stereocenters. The number of benzene rings is 2. The maximum absolute atomic E-state index is 13.6. The Labute approximate surface area is 251 Å². The number of phenols is 1. The van der Waals surface area contributed by atoms with Crippen molar-refractivity contribution in [3.05, 3.63) is 65.7 Å². The minimum absolute atomic E-state index is 0.0314. The number of aliphatic carboxylic acids is 1. The van der Waals surface area contributed by atoms with Gasteiger partial charge in [-0.2, -0.15) is 0 Å². The van der Waals surface area contributed by atoms with Crippen molar-refractivity contribution in [2.75, 3.05) is 6.54 Å². The number of phenolic OH excluding ortho intramolecular Hbond substituents is 1. The topological polar surface area (TPSA) is 235 Å². The van der Waals surface area contributed by atoms with Crippen molar-refractivity contribution in [2.45, 2.75) is 70.1 Å². The molecule has 0 radical (unpaired) electrons. The van der Waals surface area contributed by atoms with Crippen LogP contribution < -0.4 is 33.2 Å². The summed E-state index contributed by atoms with van der Waals surface area (Å²) in [6.45, 7) is 3.89. The number of guanidine groups is 1. The van der Waals surface area contributed by atoms with Gasteiger partial charge >= 0.3 is 5.97 Å². The summed E-state index contributed by atoms with van der Waals surface area (Å²) in [4.78, 5) is 55.8. The number of carboxylic acids is 1. The third kappa shape index (κ3) is 12.0.